The minimum atomic E-state index is -0.503. The standard InChI is InChI=1S/C33H27N3O3S/c37-27-19-23(28-15-8-16-40-28)18-26-30(27)29(22-11-7-14-25(17-22)39-20-21-9-3-1-4-10-21)31-32(34-26)35-36(33(31)38)24-12-5-2-6-13-24/h1-17,23,29,34-35H,18-20H2/t23-,29-/m0/s1. The fourth-order valence-corrected chi connectivity index (χ4v) is 6.66. The van der Waals surface area contributed by atoms with Crippen LogP contribution in [0.1, 0.15) is 46.2 Å². The van der Waals surface area contributed by atoms with Crippen molar-refractivity contribution in [3.63, 3.8) is 0 Å². The number of H-pyrrole nitrogens is 1. The minimum Gasteiger partial charge on any atom is -0.489 e. The average Bonchev–Trinajstić information content (AvgIpc) is 3.65. The van der Waals surface area contributed by atoms with Crippen molar-refractivity contribution in [3.8, 4) is 11.4 Å². The summed E-state index contributed by atoms with van der Waals surface area (Å²) < 4.78 is 7.69. The van der Waals surface area contributed by atoms with E-state index in [-0.39, 0.29) is 17.3 Å². The molecule has 2 aliphatic rings. The summed E-state index contributed by atoms with van der Waals surface area (Å²) in [4.78, 5) is 29.0. The third kappa shape index (κ3) is 4.38. The second-order valence-electron chi connectivity index (χ2n) is 10.2. The van der Waals surface area contributed by atoms with Gasteiger partial charge in [-0.2, -0.15) is 0 Å². The Bertz CT molecular complexity index is 1770. The van der Waals surface area contributed by atoms with Crippen molar-refractivity contribution in [2.75, 3.05) is 5.32 Å². The van der Waals surface area contributed by atoms with E-state index in [9.17, 15) is 9.59 Å². The summed E-state index contributed by atoms with van der Waals surface area (Å²) in [5.41, 5.74) is 4.60. The molecular formula is C33H27N3O3S. The molecule has 2 aromatic heterocycles. The molecule has 2 N–H and O–H groups in total. The maximum absolute atomic E-state index is 14.0. The zero-order valence-corrected chi connectivity index (χ0v) is 22.5. The van der Waals surface area contributed by atoms with E-state index in [2.05, 4.69) is 21.9 Å². The lowest BCUT2D eigenvalue weighted by Gasteiger charge is -2.34. The van der Waals surface area contributed by atoms with Gasteiger partial charge in [-0.25, -0.2) is 4.68 Å². The lowest BCUT2D eigenvalue weighted by atomic mass is 9.74. The number of aromatic amines is 1. The first-order valence-electron chi connectivity index (χ1n) is 13.4. The number of rotatable bonds is 6. The number of hydrogen-bond acceptors (Lipinski definition) is 5. The average molecular weight is 546 g/mol. The van der Waals surface area contributed by atoms with Crippen molar-refractivity contribution >= 4 is 22.9 Å². The summed E-state index contributed by atoms with van der Waals surface area (Å²) in [6.07, 6.45) is 1.13. The first-order valence-corrected chi connectivity index (χ1v) is 14.3. The first-order chi connectivity index (χ1) is 19.7. The van der Waals surface area contributed by atoms with Crippen LogP contribution in [0.4, 0.5) is 5.82 Å². The number of thiophene rings is 1. The molecule has 0 saturated heterocycles. The third-order valence-electron chi connectivity index (χ3n) is 7.69. The fraction of sp³-hybridized carbons (Fsp3) is 0.152. The number of nitrogens with zero attached hydrogens (tertiary/aromatic N) is 1. The molecular weight excluding hydrogens is 518 g/mol. The van der Waals surface area contributed by atoms with E-state index < -0.39 is 5.92 Å². The Kier molecular flexibility index (Phi) is 6.21. The number of fused-ring (bicyclic) bond motifs is 1. The molecule has 2 atom stereocenters. The van der Waals surface area contributed by atoms with Gasteiger partial charge in [0, 0.05) is 34.4 Å². The highest BCUT2D eigenvalue weighted by molar-refractivity contribution is 7.10. The summed E-state index contributed by atoms with van der Waals surface area (Å²) in [5, 5.41) is 8.82. The molecule has 0 saturated carbocycles. The van der Waals surface area contributed by atoms with E-state index in [4.69, 9.17) is 4.74 Å². The normalized spacial score (nSPS) is 18.1. The van der Waals surface area contributed by atoms with Crippen molar-refractivity contribution < 1.29 is 9.53 Å². The van der Waals surface area contributed by atoms with Crippen molar-refractivity contribution in [2.24, 2.45) is 0 Å². The largest absolute Gasteiger partial charge is 0.489 e. The zero-order chi connectivity index (χ0) is 27.1. The molecule has 5 aromatic rings. The van der Waals surface area contributed by atoms with Crippen LogP contribution in [-0.4, -0.2) is 15.6 Å². The highest BCUT2D eigenvalue weighted by atomic mass is 32.1. The molecule has 0 amide bonds. The van der Waals surface area contributed by atoms with E-state index in [1.807, 2.05) is 91.0 Å². The molecule has 0 bridgehead atoms. The van der Waals surface area contributed by atoms with Crippen LogP contribution in [-0.2, 0) is 11.4 Å². The van der Waals surface area contributed by atoms with Gasteiger partial charge < -0.3 is 10.1 Å². The van der Waals surface area contributed by atoms with Crippen LogP contribution in [0, 0.1) is 0 Å². The molecule has 3 aromatic carbocycles. The van der Waals surface area contributed by atoms with Gasteiger partial charge in [-0.15, -0.1) is 11.3 Å². The van der Waals surface area contributed by atoms with E-state index >= 15 is 0 Å². The van der Waals surface area contributed by atoms with Crippen LogP contribution in [0.2, 0.25) is 0 Å². The number of benzene rings is 3. The molecule has 198 valence electrons. The second-order valence-corrected chi connectivity index (χ2v) is 11.2. The van der Waals surface area contributed by atoms with Gasteiger partial charge in [0.1, 0.15) is 18.2 Å². The Labute approximate surface area is 235 Å². The minimum absolute atomic E-state index is 0.0743. The molecule has 0 fully saturated rings. The van der Waals surface area contributed by atoms with Crippen molar-refractivity contribution in [3.05, 3.63) is 146 Å². The molecule has 7 heteroatoms. The molecule has 1 aliphatic carbocycles. The Morgan fingerprint density at radius 3 is 2.45 bits per heavy atom. The van der Waals surface area contributed by atoms with E-state index in [0.29, 0.717) is 42.2 Å². The molecule has 0 spiro atoms. The zero-order valence-electron chi connectivity index (χ0n) is 21.7. The summed E-state index contributed by atoms with van der Waals surface area (Å²) in [6.45, 7) is 0.433. The predicted molar refractivity (Wildman–Crippen MR) is 157 cm³/mol. The number of para-hydroxylation sites is 1. The number of aromatic nitrogens is 2. The third-order valence-corrected chi connectivity index (χ3v) is 8.72. The lowest BCUT2D eigenvalue weighted by molar-refractivity contribution is -0.116. The van der Waals surface area contributed by atoms with Crippen LogP contribution in [0.25, 0.3) is 5.69 Å². The summed E-state index contributed by atoms with van der Waals surface area (Å²) in [6, 6.07) is 31.4. The number of nitrogens with one attached hydrogen (secondary N) is 2. The number of carbonyl (C=O) groups is 1. The first kappa shape index (κ1) is 24.4. The molecule has 7 rings (SSSR count). The summed E-state index contributed by atoms with van der Waals surface area (Å²) in [7, 11) is 0. The highest BCUT2D eigenvalue weighted by Crippen LogP contribution is 2.47. The van der Waals surface area contributed by atoms with Crippen molar-refractivity contribution in [2.45, 2.75) is 31.3 Å². The monoisotopic (exact) mass is 545 g/mol. The molecule has 6 nitrogen and oxygen atoms in total. The topological polar surface area (TPSA) is 76.1 Å². The van der Waals surface area contributed by atoms with E-state index in [1.165, 1.54) is 4.88 Å². The Hall–Kier alpha value is -4.62. The fourth-order valence-electron chi connectivity index (χ4n) is 5.83. The summed E-state index contributed by atoms with van der Waals surface area (Å²) >= 11 is 1.68. The number of carbonyl (C=O) groups excluding carboxylic acids is 1. The van der Waals surface area contributed by atoms with Gasteiger partial charge >= 0.3 is 0 Å². The second kappa shape index (κ2) is 10.2. The van der Waals surface area contributed by atoms with Crippen molar-refractivity contribution in [1.29, 1.82) is 0 Å². The molecule has 0 unspecified atom stereocenters. The number of anilines is 1. The van der Waals surface area contributed by atoms with Crippen LogP contribution in [0.3, 0.4) is 0 Å². The number of ether oxygens (including phenoxy) is 1. The number of Topliss-reactive ketones (excluding diaryl/α,β-unsaturated/α-hetero) is 1. The van der Waals surface area contributed by atoms with Gasteiger partial charge in [-0.3, -0.25) is 14.7 Å². The maximum atomic E-state index is 14.0. The van der Waals surface area contributed by atoms with Gasteiger partial charge in [-0.05, 0) is 53.3 Å². The Morgan fingerprint density at radius 2 is 1.68 bits per heavy atom. The van der Waals surface area contributed by atoms with E-state index in [0.717, 1.165) is 22.5 Å². The molecule has 1 aliphatic heterocycles. The number of hydrogen-bond donors (Lipinski definition) is 2. The van der Waals surface area contributed by atoms with Gasteiger partial charge in [-0.1, -0.05) is 66.7 Å². The molecule has 0 radical (unpaired) electrons. The van der Waals surface area contributed by atoms with Gasteiger partial charge in [0.05, 0.1) is 11.3 Å². The summed E-state index contributed by atoms with van der Waals surface area (Å²) in [5.74, 6) is 1.02. The van der Waals surface area contributed by atoms with Crippen LogP contribution in [0.5, 0.6) is 5.75 Å². The number of ketones is 1. The Morgan fingerprint density at radius 1 is 0.875 bits per heavy atom. The predicted octanol–water partition coefficient (Wildman–Crippen LogP) is 6.76. The molecule has 3 heterocycles. The van der Waals surface area contributed by atoms with Crippen LogP contribution >= 0.6 is 11.3 Å². The maximum Gasteiger partial charge on any atom is 0.277 e. The highest BCUT2D eigenvalue weighted by Gasteiger charge is 2.41. The van der Waals surface area contributed by atoms with E-state index in [1.54, 1.807) is 16.0 Å². The van der Waals surface area contributed by atoms with Crippen LogP contribution < -0.4 is 15.6 Å². The van der Waals surface area contributed by atoms with Gasteiger partial charge in [0.15, 0.2) is 5.78 Å². The Balaban J connectivity index is 1.32. The molecule has 40 heavy (non-hydrogen) atoms. The van der Waals surface area contributed by atoms with Gasteiger partial charge in [0.25, 0.3) is 5.56 Å². The van der Waals surface area contributed by atoms with Crippen molar-refractivity contribution in [1.82, 2.24) is 9.78 Å². The van der Waals surface area contributed by atoms with Crippen LogP contribution in [0.15, 0.2) is 119 Å². The lowest BCUT2D eigenvalue weighted by Crippen LogP contribution is -2.31. The number of allylic oxidation sites excluding steroid dienone is 2. The van der Waals surface area contributed by atoms with Gasteiger partial charge in [0.2, 0.25) is 0 Å². The smallest absolute Gasteiger partial charge is 0.277 e. The quantitative estimate of drug-likeness (QED) is 0.247. The SMILES string of the molecule is O=C1C[C@@H](c2cccs2)CC2=C1[C@H](c1cccc(OCc3ccccc3)c1)c1c([nH]n(-c3ccccc3)c1=O)N2.